The van der Waals surface area contributed by atoms with Crippen molar-refractivity contribution in [3.8, 4) is 33.6 Å². The summed E-state index contributed by atoms with van der Waals surface area (Å²) in [6.07, 6.45) is 4.12. The summed E-state index contributed by atoms with van der Waals surface area (Å²) in [5.74, 6) is 1.76. The van der Waals surface area contributed by atoms with E-state index in [1.165, 1.54) is 14.2 Å². The molecule has 5 aromatic rings. The van der Waals surface area contributed by atoms with Crippen molar-refractivity contribution >= 4 is 46.4 Å². The SMILES string of the molecule is COC(=O)NC(C(=O)N1C(c2ncc(-c3ccc4cc(-c5ccc(-c6nc(C7CC8CC8N7C(=O)C(NC(=O)OC)C(C)C)[nH]c6Cl)cc5)ccc4c3)[nH]2)CC2CC21)C(C)C. The summed E-state index contributed by atoms with van der Waals surface area (Å²) < 4.78 is 9.61. The summed E-state index contributed by atoms with van der Waals surface area (Å²) in [4.78, 5) is 72.1. The smallest absolute Gasteiger partial charge is 0.407 e. The Morgan fingerprint density at radius 2 is 1.16 bits per heavy atom. The van der Waals surface area contributed by atoms with Crippen LogP contribution in [0.15, 0.2) is 66.9 Å². The Hall–Kier alpha value is -5.89. The lowest BCUT2D eigenvalue weighted by Crippen LogP contribution is -2.52. The minimum atomic E-state index is -0.713. The van der Waals surface area contributed by atoms with Gasteiger partial charge in [0.1, 0.15) is 34.6 Å². The van der Waals surface area contributed by atoms with Crippen LogP contribution in [0.25, 0.3) is 44.4 Å². The van der Waals surface area contributed by atoms with Gasteiger partial charge < -0.3 is 39.9 Å². The van der Waals surface area contributed by atoms with Gasteiger partial charge in [-0.1, -0.05) is 87.8 Å². The van der Waals surface area contributed by atoms with Gasteiger partial charge in [-0.2, -0.15) is 0 Å². The second kappa shape index (κ2) is 15.9. The number of H-pyrrole nitrogens is 2. The number of halogens is 1. The number of amides is 4. The number of nitrogens with one attached hydrogen (secondary N) is 4. The maximum atomic E-state index is 13.9. The number of nitrogens with zero attached hydrogens (tertiary/aromatic N) is 4. The largest absolute Gasteiger partial charge is 0.453 e. The minimum absolute atomic E-state index is 0.103. The van der Waals surface area contributed by atoms with E-state index in [1.54, 1.807) is 0 Å². The molecule has 2 aromatic heterocycles. The molecule has 15 heteroatoms. The average Bonchev–Trinajstić information content (AvgIpc) is 3.90. The average molecular weight is 847 g/mol. The molecule has 2 aliphatic heterocycles. The van der Waals surface area contributed by atoms with E-state index in [1.807, 2.05) is 55.8 Å². The highest BCUT2D eigenvalue weighted by Crippen LogP contribution is 2.55. The fourth-order valence-electron chi connectivity index (χ4n) is 9.54. The van der Waals surface area contributed by atoms with Gasteiger partial charge >= 0.3 is 12.2 Å². The zero-order valence-electron chi connectivity index (χ0n) is 35.1. The van der Waals surface area contributed by atoms with Crippen molar-refractivity contribution in [1.29, 1.82) is 0 Å². The highest BCUT2D eigenvalue weighted by atomic mass is 35.5. The van der Waals surface area contributed by atoms with Crippen LogP contribution in [0, 0.1) is 23.7 Å². The summed E-state index contributed by atoms with van der Waals surface area (Å²) in [5.41, 5.74) is 5.45. The van der Waals surface area contributed by atoms with Gasteiger partial charge in [0, 0.05) is 23.2 Å². The lowest BCUT2D eigenvalue weighted by Gasteiger charge is -2.31. The Labute approximate surface area is 359 Å². The van der Waals surface area contributed by atoms with Crippen LogP contribution >= 0.6 is 11.6 Å². The summed E-state index contributed by atoms with van der Waals surface area (Å²) in [6.45, 7) is 7.65. The summed E-state index contributed by atoms with van der Waals surface area (Å²) in [5, 5.41) is 8.04. The third kappa shape index (κ3) is 7.59. The molecule has 14 nitrogen and oxygen atoms in total. The Morgan fingerprint density at radius 1 is 0.672 bits per heavy atom. The lowest BCUT2D eigenvalue weighted by molar-refractivity contribution is -0.137. The number of ether oxygens (including phenoxy) is 2. The molecule has 0 bridgehead atoms. The number of carbonyl (C=O) groups is 4. The van der Waals surface area contributed by atoms with Gasteiger partial charge in [-0.05, 0) is 83.4 Å². The minimum Gasteiger partial charge on any atom is -0.453 e. The number of hydrogen-bond donors (Lipinski definition) is 4. The number of carbonyl (C=O) groups excluding carboxylic acids is 4. The number of likely N-dealkylation sites (tertiary alicyclic amines) is 2. The molecule has 0 radical (unpaired) electrons. The van der Waals surface area contributed by atoms with E-state index in [0.29, 0.717) is 28.5 Å². The molecule has 2 saturated heterocycles. The number of alkyl carbamates (subject to hydrolysis) is 2. The molecule has 4 fully saturated rings. The number of fused-ring (bicyclic) bond motifs is 3. The highest BCUT2D eigenvalue weighted by molar-refractivity contribution is 6.32. The summed E-state index contributed by atoms with van der Waals surface area (Å²) in [6, 6.07) is 19.3. The van der Waals surface area contributed by atoms with Crippen molar-refractivity contribution in [3.63, 3.8) is 0 Å². The Bertz CT molecular complexity index is 2520. The maximum absolute atomic E-state index is 13.9. The van der Waals surface area contributed by atoms with E-state index < -0.39 is 24.3 Å². The number of rotatable bonds is 11. The summed E-state index contributed by atoms with van der Waals surface area (Å²) in [7, 11) is 2.59. The number of benzene rings is 3. The van der Waals surface area contributed by atoms with E-state index in [-0.39, 0.29) is 47.8 Å². The van der Waals surface area contributed by atoms with E-state index in [4.69, 9.17) is 31.0 Å². The van der Waals surface area contributed by atoms with Crippen molar-refractivity contribution < 1.29 is 28.7 Å². The topological polar surface area (TPSA) is 175 Å². The van der Waals surface area contributed by atoms with Crippen LogP contribution in [0.3, 0.4) is 0 Å². The van der Waals surface area contributed by atoms with Crippen LogP contribution < -0.4 is 10.6 Å². The van der Waals surface area contributed by atoms with Crippen LogP contribution in [0.5, 0.6) is 0 Å². The predicted molar refractivity (Wildman–Crippen MR) is 230 cm³/mol. The standard InChI is InChI=1S/C46H51ClN8O6/c1-22(2)37(51-45(58)60-5)43(56)54-33-17-30(33)19-35(54)41-48-21-32(49-41)29-14-13-27-15-26(11-12-28(27)16-29)24-7-9-25(10-8-24)39-40(47)53-42(50-39)36-20-31-18-34(31)55(36)44(57)38(23(3)4)52-46(59)61-6/h7-16,21-23,30-31,33-38H,17-20H2,1-6H3,(H,48,49)(H,50,53)(H,51,58)(H,52,59). The van der Waals surface area contributed by atoms with Gasteiger partial charge in [0.15, 0.2) is 0 Å². The molecule has 4 N–H and O–H groups in total. The van der Waals surface area contributed by atoms with Gasteiger partial charge in [0.25, 0.3) is 0 Å². The molecule has 61 heavy (non-hydrogen) atoms. The van der Waals surface area contributed by atoms with Crippen LogP contribution in [0.2, 0.25) is 5.15 Å². The second-order valence-corrected chi connectivity index (χ2v) is 18.0. The maximum Gasteiger partial charge on any atom is 0.407 e. The quantitative estimate of drug-likeness (QED) is 0.103. The van der Waals surface area contributed by atoms with Crippen LogP contribution in [-0.2, 0) is 19.1 Å². The molecule has 8 unspecified atom stereocenters. The van der Waals surface area contributed by atoms with Gasteiger partial charge in [-0.15, -0.1) is 0 Å². The van der Waals surface area contributed by atoms with Gasteiger partial charge in [0.2, 0.25) is 11.8 Å². The monoisotopic (exact) mass is 846 g/mol. The fraction of sp³-hybridized carbons (Fsp3) is 0.435. The number of methoxy groups -OCH3 is 2. The molecule has 4 aliphatic rings. The molecule has 318 valence electrons. The van der Waals surface area contributed by atoms with Crippen LogP contribution in [0.1, 0.15) is 77.1 Å². The molecule has 8 atom stereocenters. The Morgan fingerprint density at radius 3 is 1.70 bits per heavy atom. The number of hydrogen-bond acceptors (Lipinski definition) is 8. The molecule has 0 spiro atoms. The first-order valence-electron chi connectivity index (χ1n) is 21.1. The normalized spacial score (nSPS) is 23.4. The van der Waals surface area contributed by atoms with Crippen LogP contribution in [-0.4, -0.2) is 92.1 Å². The first-order valence-corrected chi connectivity index (χ1v) is 21.5. The third-order valence-corrected chi connectivity index (χ3v) is 13.3. The van der Waals surface area contributed by atoms with Crippen molar-refractivity contribution in [3.05, 3.63) is 83.7 Å². The van der Waals surface area contributed by atoms with Crippen molar-refractivity contribution in [1.82, 2.24) is 40.4 Å². The summed E-state index contributed by atoms with van der Waals surface area (Å²) >= 11 is 6.78. The molecule has 4 amide bonds. The zero-order valence-corrected chi connectivity index (χ0v) is 35.8. The van der Waals surface area contributed by atoms with Gasteiger partial charge in [-0.25, -0.2) is 19.6 Å². The van der Waals surface area contributed by atoms with Crippen molar-refractivity contribution in [2.75, 3.05) is 14.2 Å². The van der Waals surface area contributed by atoms with Gasteiger partial charge in [0.05, 0.1) is 38.2 Å². The molecular formula is C46H51ClN8O6. The van der Waals surface area contributed by atoms with Crippen molar-refractivity contribution in [2.45, 2.75) is 89.6 Å². The number of piperidine rings is 2. The van der Waals surface area contributed by atoms with Gasteiger partial charge in [-0.3, -0.25) is 9.59 Å². The second-order valence-electron chi connectivity index (χ2n) is 17.7. The number of aromatic amines is 2. The van der Waals surface area contributed by atoms with E-state index in [9.17, 15) is 19.2 Å². The number of imidazole rings is 2. The van der Waals surface area contributed by atoms with Crippen molar-refractivity contribution in [2.24, 2.45) is 23.7 Å². The predicted octanol–water partition coefficient (Wildman–Crippen LogP) is 8.03. The van der Waals surface area contributed by atoms with E-state index in [0.717, 1.165) is 70.2 Å². The Balaban J connectivity index is 0.893. The third-order valence-electron chi connectivity index (χ3n) is 13.0. The fourth-order valence-corrected chi connectivity index (χ4v) is 9.79. The van der Waals surface area contributed by atoms with Crippen LogP contribution in [0.4, 0.5) is 9.59 Å². The van der Waals surface area contributed by atoms with E-state index >= 15 is 0 Å². The zero-order chi connectivity index (χ0) is 42.9. The first kappa shape index (κ1) is 40.5. The molecule has 2 aliphatic carbocycles. The molecule has 3 aromatic carbocycles. The molecule has 2 saturated carbocycles. The molecule has 9 rings (SSSR count). The lowest BCUT2D eigenvalue weighted by atomic mass is 9.98. The first-order chi connectivity index (χ1) is 29.3. The molecular weight excluding hydrogens is 796 g/mol. The Kier molecular flexibility index (Phi) is 10.5. The molecule has 4 heterocycles. The highest BCUT2D eigenvalue weighted by Gasteiger charge is 2.57. The van der Waals surface area contributed by atoms with E-state index in [2.05, 4.69) is 69.1 Å². The number of aromatic nitrogens is 4.